The summed E-state index contributed by atoms with van der Waals surface area (Å²) in [6, 6.07) is 20.3. The molecular formula is C20H18N4OS. The van der Waals surface area contributed by atoms with E-state index in [0.717, 1.165) is 22.5 Å². The van der Waals surface area contributed by atoms with Crippen molar-refractivity contribution in [3.05, 3.63) is 84.3 Å². The van der Waals surface area contributed by atoms with E-state index in [4.69, 9.17) is 21.6 Å². The maximum Gasteiger partial charge on any atom is 0.210 e. The van der Waals surface area contributed by atoms with Crippen LogP contribution in [0.15, 0.2) is 77.6 Å². The third-order valence-corrected chi connectivity index (χ3v) is 4.34. The van der Waals surface area contributed by atoms with Crippen LogP contribution in [0.5, 0.6) is 0 Å². The second-order valence-corrected chi connectivity index (χ2v) is 6.34. The maximum atomic E-state index is 5.43. The van der Waals surface area contributed by atoms with Gasteiger partial charge in [0.25, 0.3) is 0 Å². The highest BCUT2D eigenvalue weighted by atomic mass is 32.1. The number of para-hydroxylation sites is 2. The first kappa shape index (κ1) is 16.4. The Morgan fingerprint density at radius 1 is 1.00 bits per heavy atom. The number of hydrogen-bond acceptors (Lipinski definition) is 3. The molecule has 2 aromatic carbocycles. The first-order valence-electron chi connectivity index (χ1n) is 8.35. The fraction of sp³-hybridized carbons (Fsp3) is 0.100. The molecule has 0 spiro atoms. The Morgan fingerprint density at radius 2 is 1.81 bits per heavy atom. The van der Waals surface area contributed by atoms with Crippen LogP contribution in [0.2, 0.25) is 0 Å². The second-order valence-electron chi connectivity index (χ2n) is 5.94. The third kappa shape index (κ3) is 3.60. The zero-order valence-corrected chi connectivity index (χ0v) is 14.9. The van der Waals surface area contributed by atoms with Crippen LogP contribution in [0.3, 0.4) is 0 Å². The zero-order valence-electron chi connectivity index (χ0n) is 14.1. The van der Waals surface area contributed by atoms with Gasteiger partial charge in [0.1, 0.15) is 0 Å². The number of imidazole rings is 1. The lowest BCUT2D eigenvalue weighted by Crippen LogP contribution is -2.29. The van der Waals surface area contributed by atoms with Gasteiger partial charge in [-0.2, -0.15) is 0 Å². The molecular weight excluding hydrogens is 344 g/mol. The Kier molecular flexibility index (Phi) is 4.66. The lowest BCUT2D eigenvalue weighted by molar-refractivity contribution is 0.563. The average molecular weight is 362 g/mol. The highest BCUT2D eigenvalue weighted by molar-refractivity contribution is 7.80. The number of anilines is 1. The zero-order chi connectivity index (χ0) is 17.8. The minimum absolute atomic E-state index is 0.524. The molecule has 4 aromatic rings. The molecule has 0 fully saturated rings. The van der Waals surface area contributed by atoms with Gasteiger partial charge in [-0.1, -0.05) is 42.5 Å². The summed E-state index contributed by atoms with van der Waals surface area (Å²) in [7, 11) is 0. The topological polar surface area (TPSA) is 55.0 Å². The smallest absolute Gasteiger partial charge is 0.210 e. The SMILES string of the molecule is S=C(NCc1ccoc1)Nc1nc2ccccc2n1Cc1ccccc1. The summed E-state index contributed by atoms with van der Waals surface area (Å²) in [4.78, 5) is 4.70. The van der Waals surface area contributed by atoms with Gasteiger partial charge in [0, 0.05) is 12.1 Å². The fourth-order valence-corrected chi connectivity index (χ4v) is 2.98. The van der Waals surface area contributed by atoms with E-state index in [9.17, 15) is 0 Å². The van der Waals surface area contributed by atoms with E-state index in [1.165, 1.54) is 5.56 Å². The van der Waals surface area contributed by atoms with Crippen LogP contribution >= 0.6 is 12.2 Å². The molecule has 0 unspecified atom stereocenters. The van der Waals surface area contributed by atoms with Crippen molar-refractivity contribution in [3.8, 4) is 0 Å². The number of nitrogens with one attached hydrogen (secondary N) is 2. The van der Waals surface area contributed by atoms with E-state index in [1.54, 1.807) is 12.5 Å². The number of aromatic nitrogens is 2. The van der Waals surface area contributed by atoms with Crippen molar-refractivity contribution in [1.82, 2.24) is 14.9 Å². The Hall–Kier alpha value is -3.12. The lowest BCUT2D eigenvalue weighted by atomic mass is 10.2. The highest BCUT2D eigenvalue weighted by Crippen LogP contribution is 2.21. The number of benzene rings is 2. The number of nitrogens with zero attached hydrogens (tertiary/aromatic N) is 2. The van der Waals surface area contributed by atoms with E-state index in [0.29, 0.717) is 18.2 Å². The Bertz CT molecular complexity index is 1010. The molecule has 130 valence electrons. The summed E-state index contributed by atoms with van der Waals surface area (Å²) in [6.07, 6.45) is 3.34. The number of furan rings is 1. The summed E-state index contributed by atoms with van der Waals surface area (Å²) in [5.74, 6) is 0.722. The quantitative estimate of drug-likeness (QED) is 0.522. The van der Waals surface area contributed by atoms with Crippen LogP contribution in [0.4, 0.5) is 5.95 Å². The third-order valence-electron chi connectivity index (χ3n) is 4.10. The van der Waals surface area contributed by atoms with Crippen molar-refractivity contribution < 1.29 is 4.42 Å². The minimum atomic E-state index is 0.524. The van der Waals surface area contributed by atoms with Crippen molar-refractivity contribution in [1.29, 1.82) is 0 Å². The molecule has 2 heterocycles. The molecule has 0 aliphatic carbocycles. The molecule has 5 nitrogen and oxygen atoms in total. The van der Waals surface area contributed by atoms with Gasteiger partial charge in [0.2, 0.25) is 5.95 Å². The predicted molar refractivity (Wildman–Crippen MR) is 107 cm³/mol. The lowest BCUT2D eigenvalue weighted by Gasteiger charge is -2.12. The summed E-state index contributed by atoms with van der Waals surface area (Å²) >= 11 is 5.43. The first-order valence-corrected chi connectivity index (χ1v) is 8.75. The van der Waals surface area contributed by atoms with Gasteiger partial charge in [0.15, 0.2) is 5.11 Å². The van der Waals surface area contributed by atoms with Crippen LogP contribution in [0.1, 0.15) is 11.1 Å². The molecule has 0 aliphatic rings. The number of hydrogen-bond donors (Lipinski definition) is 2. The maximum absolute atomic E-state index is 5.43. The van der Waals surface area contributed by atoms with Crippen molar-refractivity contribution >= 4 is 34.3 Å². The van der Waals surface area contributed by atoms with Gasteiger partial charge >= 0.3 is 0 Å². The molecule has 0 amide bonds. The van der Waals surface area contributed by atoms with Gasteiger partial charge in [-0.25, -0.2) is 4.98 Å². The number of fused-ring (bicyclic) bond motifs is 1. The minimum Gasteiger partial charge on any atom is -0.472 e. The summed E-state index contributed by atoms with van der Waals surface area (Å²) in [6.45, 7) is 1.31. The average Bonchev–Trinajstić information content (AvgIpc) is 3.30. The Labute approximate surface area is 156 Å². The summed E-state index contributed by atoms with van der Waals surface area (Å²) in [5.41, 5.74) is 4.24. The van der Waals surface area contributed by atoms with E-state index < -0.39 is 0 Å². The molecule has 4 rings (SSSR count). The molecule has 0 atom stereocenters. The molecule has 26 heavy (non-hydrogen) atoms. The molecule has 0 aliphatic heterocycles. The van der Waals surface area contributed by atoms with Crippen LogP contribution in [0.25, 0.3) is 11.0 Å². The van der Waals surface area contributed by atoms with Crippen LogP contribution < -0.4 is 10.6 Å². The normalized spacial score (nSPS) is 10.8. The van der Waals surface area contributed by atoms with Gasteiger partial charge in [0.05, 0.1) is 30.1 Å². The summed E-state index contributed by atoms with van der Waals surface area (Å²) < 4.78 is 7.21. The molecule has 0 bridgehead atoms. The number of rotatable bonds is 5. The standard InChI is InChI=1S/C20H18N4OS/c26-20(21-12-16-10-11-25-14-16)23-19-22-17-8-4-5-9-18(17)24(19)13-15-6-2-1-3-7-15/h1-11,14H,12-13H2,(H2,21,22,23,26). The first-order chi connectivity index (χ1) is 12.8. The van der Waals surface area contributed by atoms with Crippen molar-refractivity contribution in [3.63, 3.8) is 0 Å². The van der Waals surface area contributed by atoms with E-state index in [2.05, 4.69) is 33.4 Å². The Balaban J connectivity index is 1.57. The van der Waals surface area contributed by atoms with Gasteiger partial charge in [-0.05, 0) is 36.0 Å². The number of thiocarbonyl (C=S) groups is 1. The van der Waals surface area contributed by atoms with Gasteiger partial charge < -0.3 is 19.6 Å². The van der Waals surface area contributed by atoms with E-state index >= 15 is 0 Å². The molecule has 0 saturated heterocycles. The van der Waals surface area contributed by atoms with Crippen LogP contribution in [-0.4, -0.2) is 14.7 Å². The molecule has 2 aromatic heterocycles. The van der Waals surface area contributed by atoms with Gasteiger partial charge in [-0.15, -0.1) is 0 Å². The summed E-state index contributed by atoms with van der Waals surface area (Å²) in [5, 5.41) is 6.92. The van der Waals surface area contributed by atoms with E-state index in [-0.39, 0.29) is 0 Å². The van der Waals surface area contributed by atoms with Gasteiger partial charge in [-0.3, -0.25) is 0 Å². The molecule has 0 radical (unpaired) electrons. The second kappa shape index (κ2) is 7.41. The van der Waals surface area contributed by atoms with Crippen LogP contribution in [-0.2, 0) is 13.1 Å². The largest absolute Gasteiger partial charge is 0.472 e. The molecule has 6 heteroatoms. The van der Waals surface area contributed by atoms with E-state index in [1.807, 2.05) is 42.5 Å². The van der Waals surface area contributed by atoms with Crippen molar-refractivity contribution in [2.45, 2.75) is 13.1 Å². The molecule has 2 N–H and O–H groups in total. The Morgan fingerprint density at radius 3 is 2.62 bits per heavy atom. The highest BCUT2D eigenvalue weighted by Gasteiger charge is 2.12. The van der Waals surface area contributed by atoms with Crippen molar-refractivity contribution in [2.75, 3.05) is 5.32 Å². The van der Waals surface area contributed by atoms with Crippen molar-refractivity contribution in [2.24, 2.45) is 0 Å². The van der Waals surface area contributed by atoms with Crippen LogP contribution in [0, 0.1) is 0 Å². The fourth-order valence-electron chi connectivity index (χ4n) is 2.82. The molecule has 0 saturated carbocycles. The predicted octanol–water partition coefficient (Wildman–Crippen LogP) is 4.16. The monoisotopic (exact) mass is 362 g/mol.